The third-order valence-corrected chi connectivity index (χ3v) is 5.12. The lowest BCUT2D eigenvalue weighted by Gasteiger charge is -2.32. The van der Waals surface area contributed by atoms with E-state index in [0.717, 1.165) is 5.56 Å². The molecule has 0 aliphatic heterocycles. The van der Waals surface area contributed by atoms with Gasteiger partial charge in [0, 0.05) is 0 Å². The zero-order valence-electron chi connectivity index (χ0n) is 17.3. The van der Waals surface area contributed by atoms with Gasteiger partial charge in [-0.15, -0.1) is 0 Å². The van der Waals surface area contributed by atoms with Crippen molar-refractivity contribution < 1.29 is 9.53 Å². The molecule has 2 heteroatoms. The first-order valence-corrected chi connectivity index (χ1v) is 9.84. The van der Waals surface area contributed by atoms with E-state index in [4.69, 9.17) is 4.74 Å². The van der Waals surface area contributed by atoms with Crippen LogP contribution in [0, 0.1) is 5.41 Å². The van der Waals surface area contributed by atoms with Gasteiger partial charge in [-0.1, -0.05) is 67.5 Å². The van der Waals surface area contributed by atoms with Crippen molar-refractivity contribution in [2.24, 2.45) is 5.41 Å². The number of carbonyl (C=O) groups is 1. The lowest BCUT2D eigenvalue weighted by atomic mass is 9.72. The molecular formula is C25H32O2. The summed E-state index contributed by atoms with van der Waals surface area (Å²) in [6, 6.07) is 7.46. The number of ether oxygens (including phenoxy) is 1. The second kappa shape index (κ2) is 9.55. The van der Waals surface area contributed by atoms with Crippen molar-refractivity contribution in [2.75, 3.05) is 6.61 Å². The Morgan fingerprint density at radius 3 is 2.52 bits per heavy atom. The van der Waals surface area contributed by atoms with Gasteiger partial charge in [-0.25, -0.2) is 4.79 Å². The summed E-state index contributed by atoms with van der Waals surface area (Å²) in [5.41, 5.74) is 6.14. The highest BCUT2D eigenvalue weighted by atomic mass is 16.5. The lowest BCUT2D eigenvalue weighted by Crippen LogP contribution is -2.19. The highest BCUT2D eigenvalue weighted by molar-refractivity contribution is 5.89. The zero-order valence-corrected chi connectivity index (χ0v) is 17.3. The van der Waals surface area contributed by atoms with Gasteiger partial charge >= 0.3 is 5.97 Å². The lowest BCUT2D eigenvalue weighted by molar-refractivity contribution is 0.0526. The molecule has 0 heterocycles. The van der Waals surface area contributed by atoms with Crippen LogP contribution in [-0.2, 0) is 4.74 Å². The highest BCUT2D eigenvalue weighted by Crippen LogP contribution is 2.40. The maximum absolute atomic E-state index is 11.7. The number of allylic oxidation sites excluding steroid dienone is 7. The zero-order chi connectivity index (χ0) is 19.9. The van der Waals surface area contributed by atoms with E-state index in [2.05, 4.69) is 45.9 Å². The molecule has 1 aliphatic rings. The van der Waals surface area contributed by atoms with Gasteiger partial charge in [0.1, 0.15) is 0 Å². The van der Waals surface area contributed by atoms with E-state index in [0.29, 0.717) is 12.2 Å². The van der Waals surface area contributed by atoms with Gasteiger partial charge in [0.2, 0.25) is 0 Å². The monoisotopic (exact) mass is 364 g/mol. The minimum Gasteiger partial charge on any atom is -0.462 e. The Hall–Kier alpha value is -2.35. The van der Waals surface area contributed by atoms with E-state index in [1.54, 1.807) is 12.1 Å². The second-order valence-corrected chi connectivity index (χ2v) is 7.88. The summed E-state index contributed by atoms with van der Waals surface area (Å²) < 4.78 is 5.00. The van der Waals surface area contributed by atoms with Crippen molar-refractivity contribution in [1.82, 2.24) is 0 Å². The normalized spacial score (nSPS) is 17.7. The molecule has 144 valence electrons. The average Bonchev–Trinajstić information content (AvgIpc) is 2.61. The van der Waals surface area contributed by atoms with Gasteiger partial charge in [-0.2, -0.15) is 0 Å². The summed E-state index contributed by atoms with van der Waals surface area (Å²) >= 11 is 0. The summed E-state index contributed by atoms with van der Waals surface area (Å²) in [5, 5.41) is 0. The molecule has 0 fully saturated rings. The quantitative estimate of drug-likeness (QED) is 0.405. The number of esters is 1. The molecule has 0 N–H and O–H groups in total. The van der Waals surface area contributed by atoms with Crippen LogP contribution < -0.4 is 0 Å². The van der Waals surface area contributed by atoms with Crippen LogP contribution in [0.4, 0.5) is 0 Å². The molecule has 0 unspecified atom stereocenters. The van der Waals surface area contributed by atoms with Gasteiger partial charge in [-0.05, 0) is 68.7 Å². The summed E-state index contributed by atoms with van der Waals surface area (Å²) in [6.45, 7) is 11.3. The number of rotatable bonds is 6. The predicted molar refractivity (Wildman–Crippen MR) is 115 cm³/mol. The minimum atomic E-state index is -0.274. The molecule has 0 saturated carbocycles. The Kier molecular flexibility index (Phi) is 7.41. The molecule has 1 aliphatic carbocycles. The Morgan fingerprint density at radius 1 is 1.19 bits per heavy atom. The number of carbonyl (C=O) groups excluding carboxylic acids is 1. The molecule has 0 bridgehead atoms. The average molecular weight is 365 g/mol. The first-order chi connectivity index (χ1) is 12.8. The van der Waals surface area contributed by atoms with Crippen LogP contribution in [0.25, 0.3) is 6.08 Å². The van der Waals surface area contributed by atoms with Crippen LogP contribution in [0.5, 0.6) is 0 Å². The molecule has 27 heavy (non-hydrogen) atoms. The Balaban J connectivity index is 2.01. The van der Waals surface area contributed by atoms with Gasteiger partial charge in [0.05, 0.1) is 12.2 Å². The first kappa shape index (κ1) is 21.0. The molecule has 0 aromatic heterocycles. The predicted octanol–water partition coefficient (Wildman–Crippen LogP) is 6.91. The molecule has 0 saturated heterocycles. The standard InChI is InChI=1S/C25H32O2/c1-6-27-24(26)22-15-13-21(14-16-22)11-7-9-19(2)12-17-23-20(3)10-8-18-25(23,4)5/h7,9,11-17H,6,8,10,18H2,1-5H3/b11-7+,17-12+,19-9+. The summed E-state index contributed by atoms with van der Waals surface area (Å²) in [4.78, 5) is 11.7. The molecule has 0 radical (unpaired) electrons. The summed E-state index contributed by atoms with van der Waals surface area (Å²) in [5.74, 6) is -0.274. The van der Waals surface area contributed by atoms with Crippen molar-refractivity contribution in [3.63, 3.8) is 0 Å². The van der Waals surface area contributed by atoms with E-state index < -0.39 is 0 Å². The minimum absolute atomic E-state index is 0.273. The third kappa shape index (κ3) is 6.09. The topological polar surface area (TPSA) is 26.3 Å². The molecule has 2 rings (SSSR count). The van der Waals surface area contributed by atoms with E-state index in [-0.39, 0.29) is 11.4 Å². The van der Waals surface area contributed by atoms with Crippen molar-refractivity contribution in [3.05, 3.63) is 76.4 Å². The van der Waals surface area contributed by atoms with Gasteiger partial charge in [0.25, 0.3) is 0 Å². The van der Waals surface area contributed by atoms with E-state index >= 15 is 0 Å². The SMILES string of the molecule is CCOC(=O)c1ccc(/C=C/C=C(C)/C=C/C2=C(C)CCCC2(C)C)cc1. The molecular weight excluding hydrogens is 332 g/mol. The van der Waals surface area contributed by atoms with Gasteiger partial charge in [0.15, 0.2) is 0 Å². The summed E-state index contributed by atoms with van der Waals surface area (Å²) in [6.07, 6.45) is 14.5. The molecule has 0 amide bonds. The molecule has 0 spiro atoms. The highest BCUT2D eigenvalue weighted by Gasteiger charge is 2.26. The fourth-order valence-electron chi connectivity index (χ4n) is 3.54. The fourth-order valence-corrected chi connectivity index (χ4v) is 3.54. The molecule has 0 atom stereocenters. The van der Waals surface area contributed by atoms with E-state index in [9.17, 15) is 4.79 Å². The Bertz CT molecular complexity index is 771. The van der Waals surface area contributed by atoms with Crippen LogP contribution in [0.2, 0.25) is 0 Å². The van der Waals surface area contributed by atoms with Crippen molar-refractivity contribution in [2.45, 2.75) is 53.9 Å². The van der Waals surface area contributed by atoms with Gasteiger partial charge < -0.3 is 4.74 Å². The van der Waals surface area contributed by atoms with Gasteiger partial charge in [-0.3, -0.25) is 0 Å². The van der Waals surface area contributed by atoms with Crippen molar-refractivity contribution in [1.29, 1.82) is 0 Å². The van der Waals surface area contributed by atoms with Crippen LogP contribution >= 0.6 is 0 Å². The first-order valence-electron chi connectivity index (χ1n) is 9.84. The van der Waals surface area contributed by atoms with Crippen LogP contribution in [0.3, 0.4) is 0 Å². The van der Waals surface area contributed by atoms with Crippen molar-refractivity contribution >= 4 is 12.0 Å². The third-order valence-electron chi connectivity index (χ3n) is 5.12. The largest absolute Gasteiger partial charge is 0.462 e. The Morgan fingerprint density at radius 2 is 1.89 bits per heavy atom. The molecule has 1 aromatic rings. The number of hydrogen-bond donors (Lipinski definition) is 0. The maximum atomic E-state index is 11.7. The maximum Gasteiger partial charge on any atom is 0.338 e. The van der Waals surface area contributed by atoms with E-state index in [1.165, 1.54) is 36.0 Å². The van der Waals surface area contributed by atoms with Crippen molar-refractivity contribution in [3.8, 4) is 0 Å². The number of benzene rings is 1. The fraction of sp³-hybridized carbons (Fsp3) is 0.400. The van der Waals surface area contributed by atoms with Crippen LogP contribution in [-0.4, -0.2) is 12.6 Å². The van der Waals surface area contributed by atoms with Crippen LogP contribution in [0.15, 0.2) is 65.3 Å². The summed E-state index contributed by atoms with van der Waals surface area (Å²) in [7, 11) is 0. The van der Waals surface area contributed by atoms with E-state index in [1.807, 2.05) is 31.2 Å². The number of hydrogen-bond acceptors (Lipinski definition) is 2. The smallest absolute Gasteiger partial charge is 0.338 e. The molecule has 2 nitrogen and oxygen atoms in total. The molecule has 1 aromatic carbocycles. The Labute approximate surface area is 164 Å². The van der Waals surface area contributed by atoms with Crippen LogP contribution in [0.1, 0.15) is 69.8 Å². The second-order valence-electron chi connectivity index (χ2n) is 7.88.